The Labute approximate surface area is 171 Å². The van der Waals surface area contributed by atoms with Gasteiger partial charge in [-0.05, 0) is 12.8 Å². The number of carbonyl (C=O) groups is 1. The van der Waals surface area contributed by atoms with Crippen LogP contribution in [0, 0.1) is 12.8 Å². The van der Waals surface area contributed by atoms with Crippen molar-refractivity contribution >= 4 is 27.5 Å². The Bertz CT molecular complexity index is 1260. The molecule has 3 heterocycles. The van der Waals surface area contributed by atoms with Gasteiger partial charge in [0.1, 0.15) is 4.83 Å². The summed E-state index contributed by atoms with van der Waals surface area (Å²) in [6, 6.07) is 0. The largest absolute Gasteiger partial charge is 0.545 e. The molecule has 12 heteroatoms. The summed E-state index contributed by atoms with van der Waals surface area (Å²) in [4.78, 5) is 37.3. The SMILES string of the molecule is Cc1[nH]nc(C(F)(F)F)c1Cc1sc2c(c1C(=O)[O-])c(=O)n(C)c(=O)n2CC(C)C. The number of thiophene rings is 1. The fourth-order valence-corrected chi connectivity index (χ4v) is 4.60. The highest BCUT2D eigenvalue weighted by Crippen LogP contribution is 2.36. The summed E-state index contributed by atoms with van der Waals surface area (Å²) in [5.41, 5.74) is -3.23. The van der Waals surface area contributed by atoms with Gasteiger partial charge < -0.3 is 9.90 Å². The molecular weight excluding hydrogens is 425 g/mol. The van der Waals surface area contributed by atoms with Crippen LogP contribution in [-0.4, -0.2) is 25.3 Å². The molecule has 1 N–H and O–H groups in total. The lowest BCUT2D eigenvalue weighted by molar-refractivity contribution is -0.254. The number of nitrogens with zero attached hydrogens (tertiary/aromatic N) is 3. The summed E-state index contributed by atoms with van der Waals surface area (Å²) in [7, 11) is 1.22. The second-order valence-electron chi connectivity index (χ2n) is 7.37. The van der Waals surface area contributed by atoms with E-state index in [-0.39, 0.29) is 38.8 Å². The number of nitrogens with one attached hydrogen (secondary N) is 1. The van der Waals surface area contributed by atoms with Crippen LogP contribution in [0.2, 0.25) is 0 Å². The van der Waals surface area contributed by atoms with Gasteiger partial charge in [0.15, 0.2) is 5.69 Å². The van der Waals surface area contributed by atoms with E-state index in [1.807, 2.05) is 13.8 Å². The number of carboxylic acid groups (broad SMARTS) is 1. The molecule has 162 valence electrons. The highest BCUT2D eigenvalue weighted by molar-refractivity contribution is 7.19. The lowest BCUT2D eigenvalue weighted by Gasteiger charge is -2.12. The molecule has 0 amide bonds. The Kier molecular flexibility index (Phi) is 5.39. The summed E-state index contributed by atoms with van der Waals surface area (Å²) < 4.78 is 42.0. The van der Waals surface area contributed by atoms with Crippen LogP contribution >= 0.6 is 11.3 Å². The molecule has 0 bridgehead atoms. The number of aromatic carboxylic acids is 1. The molecule has 3 aromatic heterocycles. The van der Waals surface area contributed by atoms with Crippen molar-refractivity contribution in [1.29, 1.82) is 0 Å². The van der Waals surface area contributed by atoms with Gasteiger partial charge in [0.2, 0.25) is 0 Å². The highest BCUT2D eigenvalue weighted by atomic mass is 32.1. The summed E-state index contributed by atoms with van der Waals surface area (Å²) in [5, 5.41) is 17.2. The minimum atomic E-state index is -4.74. The molecule has 0 radical (unpaired) electrons. The third kappa shape index (κ3) is 3.55. The first kappa shape index (κ1) is 21.8. The number of H-pyrrole nitrogens is 1. The first-order valence-corrected chi connectivity index (χ1v) is 9.73. The van der Waals surface area contributed by atoms with Gasteiger partial charge >= 0.3 is 11.9 Å². The van der Waals surface area contributed by atoms with E-state index in [9.17, 15) is 32.7 Å². The zero-order valence-corrected chi connectivity index (χ0v) is 17.3. The number of hydrogen-bond donors (Lipinski definition) is 1. The van der Waals surface area contributed by atoms with E-state index in [0.717, 1.165) is 15.9 Å². The third-order valence-electron chi connectivity index (χ3n) is 4.68. The molecule has 3 rings (SSSR count). The van der Waals surface area contributed by atoms with Crippen molar-refractivity contribution in [3.63, 3.8) is 0 Å². The van der Waals surface area contributed by atoms with Crippen molar-refractivity contribution in [2.24, 2.45) is 13.0 Å². The third-order valence-corrected chi connectivity index (χ3v) is 5.89. The number of halogens is 3. The standard InChI is InChI=1S/C18H19F3N4O4S/c1-7(2)6-25-15-12(14(26)24(4)17(25)29)11(16(27)28)10(30-15)5-9-8(3)22-23-13(9)18(19,20)21/h7H,5-6H2,1-4H3,(H,22,23)(H,27,28)/p-1. The zero-order valence-electron chi connectivity index (χ0n) is 16.5. The van der Waals surface area contributed by atoms with Gasteiger partial charge in [-0.2, -0.15) is 18.3 Å². The van der Waals surface area contributed by atoms with E-state index >= 15 is 0 Å². The first-order valence-electron chi connectivity index (χ1n) is 8.92. The van der Waals surface area contributed by atoms with E-state index in [4.69, 9.17) is 0 Å². The zero-order chi connectivity index (χ0) is 22.5. The van der Waals surface area contributed by atoms with Crippen molar-refractivity contribution in [2.45, 2.75) is 39.9 Å². The van der Waals surface area contributed by atoms with E-state index in [1.165, 1.54) is 18.5 Å². The van der Waals surface area contributed by atoms with E-state index < -0.39 is 41.1 Å². The lowest BCUT2D eigenvalue weighted by Crippen LogP contribution is -2.39. The minimum absolute atomic E-state index is 0.00620. The van der Waals surface area contributed by atoms with Gasteiger partial charge in [0.25, 0.3) is 5.56 Å². The maximum absolute atomic E-state index is 13.3. The number of carboxylic acids is 1. The Morgan fingerprint density at radius 2 is 1.93 bits per heavy atom. The van der Waals surface area contributed by atoms with Crippen LogP contribution < -0.4 is 16.4 Å². The van der Waals surface area contributed by atoms with Crippen molar-refractivity contribution in [3.8, 4) is 0 Å². The first-order chi connectivity index (χ1) is 13.8. The van der Waals surface area contributed by atoms with Gasteiger partial charge in [0, 0.05) is 41.7 Å². The molecule has 0 saturated heterocycles. The topological polar surface area (TPSA) is 113 Å². The van der Waals surface area contributed by atoms with Gasteiger partial charge in [0.05, 0.1) is 11.4 Å². The highest BCUT2D eigenvalue weighted by Gasteiger charge is 2.38. The van der Waals surface area contributed by atoms with Gasteiger partial charge in [-0.25, -0.2) is 4.79 Å². The van der Waals surface area contributed by atoms with Gasteiger partial charge in [-0.1, -0.05) is 13.8 Å². The smallest absolute Gasteiger partial charge is 0.435 e. The number of hydrogen-bond acceptors (Lipinski definition) is 6. The molecule has 0 aliphatic heterocycles. The fraction of sp³-hybridized carbons (Fsp3) is 0.444. The fourth-order valence-electron chi connectivity index (χ4n) is 3.31. The van der Waals surface area contributed by atoms with Crippen LogP contribution in [0.3, 0.4) is 0 Å². The number of fused-ring (bicyclic) bond motifs is 1. The van der Waals surface area contributed by atoms with Crippen LogP contribution in [0.25, 0.3) is 10.2 Å². The van der Waals surface area contributed by atoms with E-state index in [0.29, 0.717) is 0 Å². The quantitative estimate of drug-likeness (QED) is 0.641. The molecule has 3 aromatic rings. The van der Waals surface area contributed by atoms with Crippen LogP contribution in [0.1, 0.15) is 46.0 Å². The van der Waals surface area contributed by atoms with Crippen LogP contribution in [0.4, 0.5) is 13.2 Å². The maximum atomic E-state index is 13.3. The summed E-state index contributed by atoms with van der Waals surface area (Å²) in [6.07, 6.45) is -5.17. The molecule has 0 aliphatic rings. The number of aromatic amines is 1. The molecule has 0 unspecified atom stereocenters. The normalized spacial score (nSPS) is 12.3. The number of rotatable bonds is 5. The lowest BCUT2D eigenvalue weighted by atomic mass is 10.0. The molecule has 0 aromatic carbocycles. The average molecular weight is 443 g/mol. The molecule has 0 spiro atoms. The molecule has 30 heavy (non-hydrogen) atoms. The van der Waals surface area contributed by atoms with Crippen molar-refractivity contribution in [2.75, 3.05) is 0 Å². The Morgan fingerprint density at radius 3 is 2.47 bits per heavy atom. The molecule has 0 aliphatic carbocycles. The Morgan fingerprint density at radius 1 is 1.30 bits per heavy atom. The molecule has 0 atom stereocenters. The number of carbonyl (C=O) groups excluding carboxylic acids is 1. The monoisotopic (exact) mass is 443 g/mol. The van der Waals surface area contributed by atoms with Gasteiger partial charge in [-0.15, -0.1) is 11.3 Å². The van der Waals surface area contributed by atoms with Crippen molar-refractivity contribution in [3.05, 3.63) is 48.2 Å². The van der Waals surface area contributed by atoms with Crippen LogP contribution in [0.15, 0.2) is 9.59 Å². The van der Waals surface area contributed by atoms with Crippen LogP contribution in [0.5, 0.6) is 0 Å². The number of aromatic nitrogens is 4. The maximum Gasteiger partial charge on any atom is 0.435 e. The van der Waals surface area contributed by atoms with Crippen molar-refractivity contribution < 1.29 is 23.1 Å². The number of alkyl halides is 3. The second kappa shape index (κ2) is 7.42. The predicted molar refractivity (Wildman–Crippen MR) is 102 cm³/mol. The predicted octanol–water partition coefficient (Wildman–Crippen LogP) is 1.42. The molecular formula is C18H18F3N4O4S-. The summed E-state index contributed by atoms with van der Waals surface area (Å²) in [5.74, 6) is -1.70. The Hall–Kier alpha value is -2.89. The summed E-state index contributed by atoms with van der Waals surface area (Å²) in [6.45, 7) is 5.26. The Balaban J connectivity index is 2.35. The summed E-state index contributed by atoms with van der Waals surface area (Å²) >= 11 is 0.804. The minimum Gasteiger partial charge on any atom is -0.545 e. The van der Waals surface area contributed by atoms with E-state index in [1.54, 1.807) is 0 Å². The number of aryl methyl sites for hydroxylation is 1. The van der Waals surface area contributed by atoms with Gasteiger partial charge in [-0.3, -0.25) is 19.0 Å². The second-order valence-corrected chi connectivity index (χ2v) is 8.45. The molecule has 0 saturated carbocycles. The molecule has 0 fully saturated rings. The van der Waals surface area contributed by atoms with Crippen LogP contribution in [-0.2, 0) is 26.2 Å². The van der Waals surface area contributed by atoms with Crippen molar-refractivity contribution in [1.82, 2.24) is 19.3 Å². The average Bonchev–Trinajstić information content (AvgIpc) is 3.18. The van der Waals surface area contributed by atoms with E-state index in [2.05, 4.69) is 10.2 Å². The molecule has 8 nitrogen and oxygen atoms in total.